The molecular formula is C12H16FNO3S2. The number of hydrogen-bond acceptors (Lipinski definition) is 4. The van der Waals surface area contributed by atoms with Gasteiger partial charge in [-0.3, -0.25) is 0 Å². The predicted octanol–water partition coefficient (Wildman–Crippen LogP) is 1.44. The summed E-state index contributed by atoms with van der Waals surface area (Å²) in [5.74, 6) is 0.871. The fourth-order valence-corrected chi connectivity index (χ4v) is 4.86. The lowest BCUT2D eigenvalue weighted by Gasteiger charge is -2.23. The average Bonchev–Trinajstić information content (AvgIpc) is 2.92. The lowest BCUT2D eigenvalue weighted by atomic mass is 10.2. The first-order valence-electron chi connectivity index (χ1n) is 5.92. The van der Waals surface area contributed by atoms with Crippen LogP contribution < -0.4 is 0 Å². The van der Waals surface area contributed by atoms with Gasteiger partial charge in [0.1, 0.15) is 10.7 Å². The van der Waals surface area contributed by atoms with Gasteiger partial charge in [0.05, 0.1) is 6.61 Å². The van der Waals surface area contributed by atoms with Crippen molar-refractivity contribution in [1.29, 1.82) is 0 Å². The van der Waals surface area contributed by atoms with Gasteiger partial charge >= 0.3 is 0 Å². The zero-order chi connectivity index (χ0) is 14.0. The first-order chi connectivity index (χ1) is 8.96. The Balaban J connectivity index is 2.38. The first-order valence-corrected chi connectivity index (χ1v) is 8.51. The van der Waals surface area contributed by atoms with Crippen molar-refractivity contribution in [1.82, 2.24) is 4.31 Å². The highest BCUT2D eigenvalue weighted by molar-refractivity contribution is 7.99. The molecule has 0 aliphatic carbocycles. The number of halogens is 1. The van der Waals surface area contributed by atoms with E-state index in [0.717, 1.165) is 24.0 Å². The van der Waals surface area contributed by atoms with E-state index in [1.165, 1.54) is 23.5 Å². The van der Waals surface area contributed by atoms with E-state index in [4.69, 9.17) is 5.11 Å². The standard InChI is InChI=1S/C12H16FNO3S2/c1-14(10-4-5-18-8-10)19(16,17)12-6-9(7-15)2-3-11(12)13/h2-3,6,10,15H,4-5,7-8H2,1H3. The van der Waals surface area contributed by atoms with Gasteiger partial charge in [0.2, 0.25) is 10.0 Å². The quantitative estimate of drug-likeness (QED) is 0.914. The van der Waals surface area contributed by atoms with E-state index in [1.54, 1.807) is 11.8 Å². The van der Waals surface area contributed by atoms with E-state index in [2.05, 4.69) is 0 Å². The number of thioether (sulfide) groups is 1. The Labute approximate surface area is 116 Å². The SMILES string of the molecule is CN(C1CCSC1)S(=O)(=O)c1cc(CO)ccc1F. The molecule has 0 aromatic heterocycles. The van der Waals surface area contributed by atoms with Gasteiger partial charge in [0, 0.05) is 18.8 Å². The third-order valence-electron chi connectivity index (χ3n) is 3.26. The van der Waals surface area contributed by atoms with Gasteiger partial charge in [0.25, 0.3) is 0 Å². The van der Waals surface area contributed by atoms with E-state index < -0.39 is 15.8 Å². The van der Waals surface area contributed by atoms with Crippen LogP contribution in [0, 0.1) is 5.82 Å². The van der Waals surface area contributed by atoms with Crippen LogP contribution in [0.5, 0.6) is 0 Å². The molecule has 1 aliphatic heterocycles. The van der Waals surface area contributed by atoms with E-state index in [9.17, 15) is 12.8 Å². The summed E-state index contributed by atoms with van der Waals surface area (Å²) in [5.41, 5.74) is 0.383. The Morgan fingerprint density at radius 2 is 2.26 bits per heavy atom. The molecule has 1 fully saturated rings. The van der Waals surface area contributed by atoms with Gasteiger partial charge in [0.15, 0.2) is 0 Å². The summed E-state index contributed by atoms with van der Waals surface area (Å²) >= 11 is 1.69. The number of aliphatic hydroxyl groups is 1. The second-order valence-corrected chi connectivity index (χ2v) is 7.58. The largest absolute Gasteiger partial charge is 0.392 e. The van der Waals surface area contributed by atoms with E-state index in [1.807, 2.05) is 0 Å². The Hall–Kier alpha value is -0.630. The van der Waals surface area contributed by atoms with E-state index >= 15 is 0 Å². The summed E-state index contributed by atoms with van der Waals surface area (Å²) in [6, 6.07) is 3.56. The fourth-order valence-electron chi connectivity index (χ4n) is 2.00. The molecule has 7 heteroatoms. The normalized spacial score (nSPS) is 20.1. The molecule has 106 valence electrons. The number of sulfonamides is 1. The van der Waals surface area contributed by atoms with Crippen molar-refractivity contribution >= 4 is 21.8 Å². The molecule has 1 aromatic rings. The van der Waals surface area contributed by atoms with Crippen LogP contribution in [-0.4, -0.2) is 42.4 Å². The maximum Gasteiger partial charge on any atom is 0.246 e. The summed E-state index contributed by atoms with van der Waals surface area (Å²) in [5, 5.41) is 9.03. The summed E-state index contributed by atoms with van der Waals surface area (Å²) in [7, 11) is -2.37. The maximum absolute atomic E-state index is 13.8. The second kappa shape index (κ2) is 5.78. The number of benzene rings is 1. The van der Waals surface area contributed by atoms with Crippen LogP contribution in [0.25, 0.3) is 0 Å². The molecule has 1 aliphatic rings. The molecule has 0 saturated carbocycles. The van der Waals surface area contributed by atoms with E-state index in [0.29, 0.717) is 5.56 Å². The van der Waals surface area contributed by atoms with Crippen molar-refractivity contribution in [2.45, 2.75) is 24.0 Å². The Morgan fingerprint density at radius 3 is 2.84 bits per heavy atom. The molecule has 1 N–H and O–H groups in total. The highest BCUT2D eigenvalue weighted by Crippen LogP contribution is 2.27. The van der Waals surface area contributed by atoms with Crippen molar-refractivity contribution in [2.24, 2.45) is 0 Å². The molecule has 4 nitrogen and oxygen atoms in total. The smallest absolute Gasteiger partial charge is 0.246 e. The van der Waals surface area contributed by atoms with Crippen LogP contribution in [0.15, 0.2) is 23.1 Å². The topological polar surface area (TPSA) is 57.6 Å². The average molecular weight is 305 g/mol. The Bertz CT molecular complexity index is 556. The molecule has 1 unspecified atom stereocenters. The number of aliphatic hydroxyl groups excluding tert-OH is 1. The highest BCUT2D eigenvalue weighted by atomic mass is 32.2. The third-order valence-corrected chi connectivity index (χ3v) is 6.33. The molecule has 0 spiro atoms. The molecule has 2 rings (SSSR count). The minimum absolute atomic E-state index is 0.0906. The Morgan fingerprint density at radius 1 is 1.53 bits per heavy atom. The fraction of sp³-hybridized carbons (Fsp3) is 0.500. The van der Waals surface area contributed by atoms with Crippen LogP contribution >= 0.6 is 11.8 Å². The monoisotopic (exact) mass is 305 g/mol. The van der Waals surface area contributed by atoms with Gasteiger partial charge < -0.3 is 5.11 Å². The minimum atomic E-state index is -3.85. The van der Waals surface area contributed by atoms with Crippen LogP contribution in [0.4, 0.5) is 4.39 Å². The lowest BCUT2D eigenvalue weighted by Crippen LogP contribution is -2.37. The van der Waals surface area contributed by atoms with Crippen molar-refractivity contribution < 1.29 is 17.9 Å². The predicted molar refractivity (Wildman–Crippen MR) is 73.0 cm³/mol. The van der Waals surface area contributed by atoms with Gasteiger partial charge in [-0.05, 0) is 29.9 Å². The molecule has 19 heavy (non-hydrogen) atoms. The molecule has 0 amide bonds. The number of rotatable bonds is 4. The van der Waals surface area contributed by atoms with Crippen molar-refractivity contribution in [3.63, 3.8) is 0 Å². The molecule has 1 saturated heterocycles. The van der Waals surface area contributed by atoms with Crippen molar-refractivity contribution in [2.75, 3.05) is 18.6 Å². The molecule has 1 aromatic carbocycles. The molecular weight excluding hydrogens is 289 g/mol. The zero-order valence-corrected chi connectivity index (χ0v) is 12.2. The zero-order valence-electron chi connectivity index (χ0n) is 10.5. The van der Waals surface area contributed by atoms with Crippen LogP contribution in [0.2, 0.25) is 0 Å². The molecule has 0 radical (unpaired) electrons. The van der Waals surface area contributed by atoms with Gasteiger partial charge in [-0.25, -0.2) is 12.8 Å². The highest BCUT2D eigenvalue weighted by Gasteiger charge is 2.32. The van der Waals surface area contributed by atoms with Crippen LogP contribution in [-0.2, 0) is 16.6 Å². The van der Waals surface area contributed by atoms with Gasteiger partial charge in [-0.2, -0.15) is 16.1 Å². The minimum Gasteiger partial charge on any atom is -0.392 e. The third kappa shape index (κ3) is 2.94. The van der Waals surface area contributed by atoms with Crippen LogP contribution in [0.1, 0.15) is 12.0 Å². The number of hydrogen-bond donors (Lipinski definition) is 1. The molecule has 1 atom stereocenters. The van der Waals surface area contributed by atoms with Crippen molar-refractivity contribution in [3.05, 3.63) is 29.6 Å². The lowest BCUT2D eigenvalue weighted by molar-refractivity contribution is 0.281. The summed E-state index contributed by atoms with van der Waals surface area (Å²) < 4.78 is 39.8. The van der Waals surface area contributed by atoms with Gasteiger partial charge in [-0.15, -0.1) is 0 Å². The Kier molecular flexibility index (Phi) is 4.50. The summed E-state index contributed by atoms with van der Waals surface area (Å²) in [6.07, 6.45) is 0.779. The molecule has 0 bridgehead atoms. The van der Waals surface area contributed by atoms with Crippen LogP contribution in [0.3, 0.4) is 0 Å². The van der Waals surface area contributed by atoms with E-state index in [-0.39, 0.29) is 17.5 Å². The summed E-state index contributed by atoms with van der Waals surface area (Å²) in [6.45, 7) is -0.314. The second-order valence-electron chi connectivity index (χ2n) is 4.46. The maximum atomic E-state index is 13.8. The van der Waals surface area contributed by atoms with Crippen molar-refractivity contribution in [3.8, 4) is 0 Å². The van der Waals surface area contributed by atoms with Gasteiger partial charge in [-0.1, -0.05) is 6.07 Å². The summed E-state index contributed by atoms with van der Waals surface area (Å²) in [4.78, 5) is -0.363. The molecule has 1 heterocycles. The first kappa shape index (κ1) is 14.8. The number of nitrogens with zero attached hydrogens (tertiary/aromatic N) is 1.